The molecule has 0 spiro atoms. The van der Waals surface area contributed by atoms with Gasteiger partial charge in [0.15, 0.2) is 5.66 Å². The molecule has 0 aliphatic heterocycles. The molecule has 1 atom stereocenters. The summed E-state index contributed by atoms with van der Waals surface area (Å²) in [5, 5.41) is 16.3. The molecule has 0 saturated heterocycles. The Balaban J connectivity index is 1.95. The van der Waals surface area contributed by atoms with Crippen molar-refractivity contribution in [2.45, 2.75) is 39.3 Å². The third-order valence-corrected chi connectivity index (χ3v) is 11.5. The molecule has 0 bridgehead atoms. The fourth-order valence-electron chi connectivity index (χ4n) is 5.18. The lowest BCUT2D eigenvalue weighted by atomic mass is 10.0. The molecule has 3 nitrogen and oxygen atoms in total. The lowest BCUT2D eigenvalue weighted by Gasteiger charge is -2.34. The van der Waals surface area contributed by atoms with Gasteiger partial charge in [-0.3, -0.25) is 4.79 Å². The maximum absolute atomic E-state index is 14.4. The first kappa shape index (κ1) is 25.4. The topological polar surface area (TPSA) is 52.9 Å². The molecule has 36 heavy (non-hydrogen) atoms. The fraction of sp³-hybridized carbons (Fsp3) is 0.188. The molecular formula is C32H32N2OP+. The van der Waals surface area contributed by atoms with Gasteiger partial charge in [-0.05, 0) is 79.9 Å². The number of anilines is 1. The van der Waals surface area contributed by atoms with Crippen molar-refractivity contribution < 1.29 is 4.79 Å². The number of hydrogen-bond acceptors (Lipinski definition) is 2. The second-order valence-electron chi connectivity index (χ2n) is 9.12. The SMILES string of the molecule is CCCC(C(=O)Nc1c(C)cc(C#N)cc1C)[P+](c1ccccc1)(c1ccccc1)c1ccccc1. The van der Waals surface area contributed by atoms with E-state index in [4.69, 9.17) is 0 Å². The summed E-state index contributed by atoms with van der Waals surface area (Å²) in [6, 6.07) is 37.5. The lowest BCUT2D eigenvalue weighted by molar-refractivity contribution is -0.115. The van der Waals surface area contributed by atoms with Gasteiger partial charge in [0.2, 0.25) is 0 Å². The Morgan fingerprint density at radius 3 is 1.58 bits per heavy atom. The Morgan fingerprint density at radius 2 is 1.22 bits per heavy atom. The third-order valence-electron chi connectivity index (χ3n) is 6.73. The third kappa shape index (κ3) is 4.83. The van der Waals surface area contributed by atoms with Crippen LogP contribution in [0, 0.1) is 25.2 Å². The molecule has 0 aromatic heterocycles. The number of carbonyl (C=O) groups excluding carboxylic acids is 1. The van der Waals surface area contributed by atoms with Crippen LogP contribution in [0.1, 0.15) is 36.5 Å². The van der Waals surface area contributed by atoms with Gasteiger partial charge in [-0.2, -0.15) is 5.26 Å². The van der Waals surface area contributed by atoms with Crippen molar-refractivity contribution >= 4 is 34.8 Å². The molecule has 4 heteroatoms. The van der Waals surface area contributed by atoms with Crippen LogP contribution in [-0.4, -0.2) is 11.6 Å². The average Bonchev–Trinajstić information content (AvgIpc) is 2.92. The Bertz CT molecular complexity index is 1240. The molecule has 1 N–H and O–H groups in total. The number of hydrogen-bond donors (Lipinski definition) is 1. The zero-order valence-electron chi connectivity index (χ0n) is 21.1. The predicted molar refractivity (Wildman–Crippen MR) is 153 cm³/mol. The molecule has 1 amide bonds. The van der Waals surface area contributed by atoms with Gasteiger partial charge in [0.05, 0.1) is 11.6 Å². The first-order chi connectivity index (χ1) is 17.5. The van der Waals surface area contributed by atoms with Crippen LogP contribution in [0.4, 0.5) is 5.69 Å². The van der Waals surface area contributed by atoms with E-state index in [0.29, 0.717) is 5.56 Å². The van der Waals surface area contributed by atoms with Crippen molar-refractivity contribution in [3.05, 3.63) is 120 Å². The second-order valence-corrected chi connectivity index (χ2v) is 12.7. The van der Waals surface area contributed by atoms with Crippen LogP contribution in [0.15, 0.2) is 103 Å². The van der Waals surface area contributed by atoms with Crippen molar-refractivity contribution in [1.29, 1.82) is 5.26 Å². The van der Waals surface area contributed by atoms with Crippen LogP contribution in [-0.2, 0) is 4.79 Å². The summed E-state index contributed by atoms with van der Waals surface area (Å²) < 4.78 is 0. The van der Waals surface area contributed by atoms with Crippen molar-refractivity contribution in [2.75, 3.05) is 5.32 Å². The van der Waals surface area contributed by atoms with Crippen molar-refractivity contribution in [2.24, 2.45) is 0 Å². The van der Waals surface area contributed by atoms with Gasteiger partial charge in [0, 0.05) is 5.69 Å². The van der Waals surface area contributed by atoms with E-state index >= 15 is 0 Å². The monoisotopic (exact) mass is 491 g/mol. The smallest absolute Gasteiger partial charge is 0.266 e. The first-order valence-corrected chi connectivity index (χ1v) is 14.3. The number of amides is 1. The predicted octanol–water partition coefficient (Wildman–Crippen LogP) is 6.28. The maximum atomic E-state index is 14.4. The fourth-order valence-corrected chi connectivity index (χ4v) is 10.1. The number of aryl methyl sites for hydroxylation is 2. The van der Waals surface area contributed by atoms with Gasteiger partial charge >= 0.3 is 0 Å². The number of nitrogens with zero attached hydrogens (tertiary/aromatic N) is 1. The van der Waals surface area contributed by atoms with Crippen LogP contribution in [0.25, 0.3) is 0 Å². The van der Waals surface area contributed by atoms with Gasteiger partial charge in [-0.15, -0.1) is 0 Å². The lowest BCUT2D eigenvalue weighted by Crippen LogP contribution is -2.44. The molecule has 0 heterocycles. The number of benzene rings is 4. The largest absolute Gasteiger partial charge is 0.322 e. The highest BCUT2D eigenvalue weighted by Gasteiger charge is 2.55. The van der Waals surface area contributed by atoms with E-state index in [1.54, 1.807) is 0 Å². The van der Waals surface area contributed by atoms with E-state index in [2.05, 4.69) is 91.1 Å². The maximum Gasteiger partial charge on any atom is 0.266 e. The number of nitrogens with one attached hydrogen (secondary N) is 1. The summed E-state index contributed by atoms with van der Waals surface area (Å²) >= 11 is 0. The molecule has 1 unspecified atom stereocenters. The van der Waals surface area contributed by atoms with Gasteiger partial charge in [0.1, 0.15) is 23.2 Å². The van der Waals surface area contributed by atoms with E-state index in [-0.39, 0.29) is 11.6 Å². The summed E-state index contributed by atoms with van der Waals surface area (Å²) in [6.45, 7) is 6.05. The minimum atomic E-state index is -2.38. The normalized spacial score (nSPS) is 11.9. The molecular weight excluding hydrogens is 459 g/mol. The minimum absolute atomic E-state index is 0.0256. The molecule has 0 aliphatic rings. The molecule has 4 aromatic rings. The molecule has 0 radical (unpaired) electrons. The standard InChI is InChI=1S/C32H31N2OP/c1-4-14-30(32(35)34-31-24(2)21-26(23-33)22-25(31)3)36(27-15-8-5-9-16-27,28-17-10-6-11-18-28)29-19-12-7-13-20-29/h5-13,15-22,30H,4,14H2,1-3H3/p+1. The van der Waals surface area contributed by atoms with E-state index in [1.807, 2.05) is 44.2 Å². The Kier molecular flexibility index (Phi) is 7.99. The van der Waals surface area contributed by atoms with Crippen molar-refractivity contribution in [3.63, 3.8) is 0 Å². The van der Waals surface area contributed by atoms with Gasteiger partial charge in [0.25, 0.3) is 5.91 Å². The van der Waals surface area contributed by atoms with E-state index in [9.17, 15) is 10.1 Å². The average molecular weight is 492 g/mol. The molecule has 4 aromatic carbocycles. The number of carbonyl (C=O) groups is 1. The van der Waals surface area contributed by atoms with Gasteiger partial charge in [-0.1, -0.05) is 67.9 Å². The highest BCUT2D eigenvalue weighted by molar-refractivity contribution is 7.96. The second kappa shape index (κ2) is 11.3. The Labute approximate surface area is 215 Å². The summed E-state index contributed by atoms with van der Waals surface area (Å²) in [7, 11) is -2.38. The van der Waals surface area contributed by atoms with E-state index in [1.165, 1.54) is 15.9 Å². The summed E-state index contributed by atoms with van der Waals surface area (Å²) in [4.78, 5) is 14.4. The highest BCUT2D eigenvalue weighted by atomic mass is 31.2. The molecule has 180 valence electrons. The van der Waals surface area contributed by atoms with Crippen molar-refractivity contribution in [3.8, 4) is 6.07 Å². The first-order valence-electron chi connectivity index (χ1n) is 12.4. The van der Waals surface area contributed by atoms with Gasteiger partial charge in [-0.25, -0.2) is 0 Å². The van der Waals surface area contributed by atoms with Crippen LogP contribution in [0.3, 0.4) is 0 Å². The van der Waals surface area contributed by atoms with Crippen LogP contribution < -0.4 is 21.2 Å². The zero-order valence-corrected chi connectivity index (χ0v) is 22.0. The number of rotatable bonds is 8. The van der Waals surface area contributed by atoms with E-state index < -0.39 is 7.26 Å². The summed E-state index contributed by atoms with van der Waals surface area (Å²) in [6.07, 6.45) is 1.64. The van der Waals surface area contributed by atoms with Crippen LogP contribution >= 0.6 is 7.26 Å². The summed E-state index contributed by atoms with van der Waals surface area (Å²) in [5.41, 5.74) is 2.95. The Morgan fingerprint density at radius 1 is 0.806 bits per heavy atom. The minimum Gasteiger partial charge on any atom is -0.322 e. The van der Waals surface area contributed by atoms with Crippen LogP contribution in [0.2, 0.25) is 0 Å². The molecule has 0 saturated carbocycles. The van der Waals surface area contributed by atoms with Crippen molar-refractivity contribution in [1.82, 2.24) is 0 Å². The van der Waals surface area contributed by atoms with E-state index in [0.717, 1.165) is 29.7 Å². The number of nitriles is 1. The Hall–Kier alpha value is -3.73. The van der Waals surface area contributed by atoms with Crippen LogP contribution in [0.5, 0.6) is 0 Å². The molecule has 4 rings (SSSR count). The molecule has 0 fully saturated rings. The zero-order chi connectivity index (χ0) is 25.5. The van der Waals surface area contributed by atoms with Gasteiger partial charge < -0.3 is 5.32 Å². The summed E-state index contributed by atoms with van der Waals surface area (Å²) in [5.74, 6) is 0.0256. The molecule has 0 aliphatic carbocycles. The highest BCUT2D eigenvalue weighted by Crippen LogP contribution is 2.61. The quantitative estimate of drug-likeness (QED) is 0.295.